The SMILES string of the molecule is C=P1(C(=O)c2cccc3ccccc23)C2=CCCC=C2c2ccccc21. The van der Waals surface area contributed by atoms with Crippen LogP contribution in [-0.2, 0) is 0 Å². The number of fused-ring (bicyclic) bond motifs is 4. The molecule has 0 radical (unpaired) electrons. The normalized spacial score (nSPS) is 20.9. The summed E-state index contributed by atoms with van der Waals surface area (Å²) < 4.78 is 0. The van der Waals surface area contributed by atoms with Crippen molar-refractivity contribution in [3.63, 3.8) is 0 Å². The molecule has 1 nitrogen and oxygen atoms in total. The van der Waals surface area contributed by atoms with Crippen molar-refractivity contribution in [1.82, 2.24) is 0 Å². The molecule has 0 saturated heterocycles. The molecule has 0 aromatic heterocycles. The Morgan fingerprint density at radius 1 is 0.846 bits per heavy atom. The molecule has 1 aliphatic carbocycles. The summed E-state index contributed by atoms with van der Waals surface area (Å²) in [6, 6.07) is 22.5. The maximum absolute atomic E-state index is 13.9. The van der Waals surface area contributed by atoms with Crippen LogP contribution in [0, 0.1) is 0 Å². The van der Waals surface area contributed by atoms with Crippen molar-refractivity contribution in [3.05, 3.63) is 95.3 Å². The van der Waals surface area contributed by atoms with E-state index >= 15 is 0 Å². The lowest BCUT2D eigenvalue weighted by atomic mass is 10.00. The molecule has 2 aliphatic rings. The zero-order valence-corrected chi connectivity index (χ0v) is 15.4. The van der Waals surface area contributed by atoms with E-state index in [0.29, 0.717) is 0 Å². The Bertz CT molecular complexity index is 1170. The minimum absolute atomic E-state index is 0.193. The molecule has 1 atom stereocenters. The maximum Gasteiger partial charge on any atom is 0.192 e. The lowest BCUT2D eigenvalue weighted by Crippen LogP contribution is -2.12. The van der Waals surface area contributed by atoms with Crippen LogP contribution >= 0.6 is 6.89 Å². The highest BCUT2D eigenvalue weighted by atomic mass is 31.2. The summed E-state index contributed by atoms with van der Waals surface area (Å²) >= 11 is 0. The number of allylic oxidation sites excluding steroid dienone is 4. The molecule has 126 valence electrons. The van der Waals surface area contributed by atoms with E-state index in [9.17, 15) is 4.79 Å². The first-order valence-electron chi connectivity index (χ1n) is 8.98. The predicted molar refractivity (Wildman–Crippen MR) is 114 cm³/mol. The Morgan fingerprint density at radius 3 is 2.50 bits per heavy atom. The van der Waals surface area contributed by atoms with Crippen molar-refractivity contribution < 1.29 is 4.79 Å². The fourth-order valence-electron chi connectivity index (χ4n) is 4.27. The minimum Gasteiger partial charge on any atom is -0.288 e. The van der Waals surface area contributed by atoms with Gasteiger partial charge in [-0.05, 0) is 45.4 Å². The Kier molecular flexibility index (Phi) is 3.42. The van der Waals surface area contributed by atoms with E-state index in [2.05, 4.69) is 48.8 Å². The van der Waals surface area contributed by atoms with Crippen LogP contribution in [-0.4, -0.2) is 11.8 Å². The van der Waals surface area contributed by atoms with Gasteiger partial charge in [0.15, 0.2) is 5.52 Å². The van der Waals surface area contributed by atoms with Gasteiger partial charge >= 0.3 is 0 Å². The summed E-state index contributed by atoms with van der Waals surface area (Å²) in [6.45, 7) is -2.35. The average Bonchev–Trinajstić information content (AvgIpc) is 2.98. The molecule has 3 aromatic rings. The fourth-order valence-corrected chi connectivity index (χ4v) is 7.59. The molecule has 5 rings (SSSR count). The Labute approximate surface area is 153 Å². The van der Waals surface area contributed by atoms with Crippen molar-refractivity contribution in [2.24, 2.45) is 0 Å². The third-order valence-corrected chi connectivity index (χ3v) is 8.90. The molecule has 0 spiro atoms. The van der Waals surface area contributed by atoms with E-state index in [1.54, 1.807) is 0 Å². The first kappa shape index (κ1) is 15.6. The number of carbonyl (C=O) groups excluding carboxylic acids is 1. The van der Waals surface area contributed by atoms with Gasteiger partial charge in [-0.2, -0.15) is 0 Å². The van der Waals surface area contributed by atoms with E-state index in [1.165, 1.54) is 16.5 Å². The third-order valence-electron chi connectivity index (χ3n) is 5.51. The molecular formula is C24H19OP. The number of carbonyl (C=O) groups is 1. The lowest BCUT2D eigenvalue weighted by molar-refractivity contribution is 0.108. The van der Waals surface area contributed by atoms with Gasteiger partial charge in [0.2, 0.25) is 0 Å². The van der Waals surface area contributed by atoms with Gasteiger partial charge in [0.1, 0.15) is 0 Å². The summed E-state index contributed by atoms with van der Waals surface area (Å²) in [4.78, 5) is 13.9. The van der Waals surface area contributed by atoms with Crippen LogP contribution in [0.1, 0.15) is 28.8 Å². The van der Waals surface area contributed by atoms with Crippen LogP contribution in [0.4, 0.5) is 0 Å². The Balaban J connectivity index is 1.79. The monoisotopic (exact) mass is 354 g/mol. The van der Waals surface area contributed by atoms with E-state index < -0.39 is 6.89 Å². The topological polar surface area (TPSA) is 17.1 Å². The molecule has 2 heteroatoms. The minimum atomic E-state index is -2.35. The van der Waals surface area contributed by atoms with Crippen LogP contribution in [0.15, 0.2) is 84.2 Å². The van der Waals surface area contributed by atoms with E-state index in [-0.39, 0.29) is 5.52 Å². The second-order valence-electron chi connectivity index (χ2n) is 6.94. The third kappa shape index (κ3) is 2.01. The molecule has 0 fully saturated rings. The number of rotatable bonds is 2. The molecule has 26 heavy (non-hydrogen) atoms. The fraction of sp³-hybridized carbons (Fsp3) is 0.0833. The average molecular weight is 354 g/mol. The van der Waals surface area contributed by atoms with Gasteiger partial charge in [-0.15, -0.1) is 0 Å². The highest BCUT2D eigenvalue weighted by Gasteiger charge is 2.41. The van der Waals surface area contributed by atoms with Gasteiger partial charge in [-0.3, -0.25) is 4.79 Å². The zero-order valence-electron chi connectivity index (χ0n) is 14.5. The summed E-state index contributed by atoms with van der Waals surface area (Å²) in [6.07, 6.45) is 11.2. The van der Waals surface area contributed by atoms with Crippen molar-refractivity contribution in [1.29, 1.82) is 0 Å². The van der Waals surface area contributed by atoms with Gasteiger partial charge in [0, 0.05) is 12.4 Å². The number of benzene rings is 3. The molecule has 0 saturated carbocycles. The van der Waals surface area contributed by atoms with Crippen LogP contribution in [0.5, 0.6) is 0 Å². The van der Waals surface area contributed by atoms with E-state index in [4.69, 9.17) is 0 Å². The van der Waals surface area contributed by atoms with Gasteiger partial charge in [-0.25, -0.2) is 0 Å². The second-order valence-corrected chi connectivity index (χ2v) is 9.93. The largest absolute Gasteiger partial charge is 0.288 e. The smallest absolute Gasteiger partial charge is 0.192 e. The van der Waals surface area contributed by atoms with Crippen molar-refractivity contribution in [2.45, 2.75) is 12.8 Å². The first-order valence-corrected chi connectivity index (χ1v) is 11.0. The second kappa shape index (κ2) is 5.69. The summed E-state index contributed by atoms with van der Waals surface area (Å²) in [5, 5.41) is 4.44. The van der Waals surface area contributed by atoms with E-state index in [1.807, 2.05) is 36.4 Å². The molecule has 0 N–H and O–H groups in total. The van der Waals surface area contributed by atoms with Crippen molar-refractivity contribution in [3.8, 4) is 0 Å². The summed E-state index contributed by atoms with van der Waals surface area (Å²) in [7, 11) is 0. The zero-order chi connectivity index (χ0) is 17.7. The predicted octanol–water partition coefficient (Wildman–Crippen LogP) is 5.83. The molecule has 1 heterocycles. The molecule has 0 amide bonds. The van der Waals surface area contributed by atoms with Crippen LogP contribution in [0.2, 0.25) is 0 Å². The molecule has 1 aliphatic heterocycles. The molecule has 3 aromatic carbocycles. The lowest BCUT2D eigenvalue weighted by Gasteiger charge is -2.23. The maximum atomic E-state index is 13.9. The molecule has 0 bridgehead atoms. The standard InChI is InChI=1S/C24H19OP/c1-26(24(25)21-14-8-10-17-9-2-3-11-18(17)21)22-15-6-4-12-19(22)20-13-5-7-16-23(20)26/h2-4,6,8-16H,1,5,7H2. The quantitative estimate of drug-likeness (QED) is 0.529. The van der Waals surface area contributed by atoms with Crippen LogP contribution in [0.25, 0.3) is 16.3 Å². The van der Waals surface area contributed by atoms with E-state index in [0.717, 1.165) is 34.5 Å². The number of hydrogen-bond acceptors (Lipinski definition) is 1. The summed E-state index contributed by atoms with van der Waals surface area (Å²) in [5.74, 6) is 0. The highest BCUT2D eigenvalue weighted by molar-refractivity contribution is 7.99. The Morgan fingerprint density at radius 2 is 1.58 bits per heavy atom. The Hall–Kier alpha value is -2.63. The highest BCUT2D eigenvalue weighted by Crippen LogP contribution is 2.65. The first-order chi connectivity index (χ1) is 12.7. The summed E-state index contributed by atoms with van der Waals surface area (Å²) in [5.41, 5.74) is 3.44. The van der Waals surface area contributed by atoms with Gasteiger partial charge in [-0.1, -0.05) is 85.2 Å². The van der Waals surface area contributed by atoms with Gasteiger partial charge < -0.3 is 0 Å². The van der Waals surface area contributed by atoms with Gasteiger partial charge in [0.25, 0.3) is 0 Å². The molecule has 1 unspecified atom stereocenters. The number of hydrogen-bond donors (Lipinski definition) is 0. The van der Waals surface area contributed by atoms with Gasteiger partial charge in [0.05, 0.1) is 0 Å². The van der Waals surface area contributed by atoms with Crippen LogP contribution in [0.3, 0.4) is 0 Å². The van der Waals surface area contributed by atoms with Crippen molar-refractivity contribution >= 4 is 40.4 Å². The van der Waals surface area contributed by atoms with Crippen molar-refractivity contribution in [2.75, 3.05) is 0 Å². The van der Waals surface area contributed by atoms with Crippen LogP contribution < -0.4 is 5.30 Å². The molecular weight excluding hydrogens is 335 g/mol.